The highest BCUT2D eigenvalue weighted by atomic mass is 14.2. The molecular weight excluding hydrogens is 121 g/mol. The van der Waals surface area contributed by atoms with Gasteiger partial charge in [0.2, 0.25) is 0 Å². The quantitative estimate of drug-likeness (QED) is 0.494. The first kappa shape index (κ1) is 7.15. The summed E-state index contributed by atoms with van der Waals surface area (Å²) in [4.78, 5) is 0. The zero-order chi connectivity index (χ0) is 7.40. The maximum atomic E-state index is 8.34. The number of allylic oxidation sites excluding steroid dienone is 4. The molecule has 0 spiro atoms. The maximum Gasteiger partial charge on any atom is 0.107 e. The monoisotopic (exact) mass is 129 g/mol. The van der Waals surface area contributed by atoms with E-state index in [1.165, 1.54) is 5.57 Å². The van der Waals surface area contributed by atoms with Crippen LogP contribution in [0.2, 0.25) is 0 Å². The minimum absolute atomic E-state index is 0.545. The molecule has 0 heterocycles. The Hall–Kier alpha value is -0.965. The number of rotatable bonds is 1. The molecule has 0 unspecified atom stereocenters. The Kier molecular flexibility index (Phi) is 2.33. The van der Waals surface area contributed by atoms with Crippen LogP contribution >= 0.6 is 0 Å². The molecule has 48 valence electrons. The van der Waals surface area contributed by atoms with Crippen molar-refractivity contribution < 1.29 is 0 Å². The van der Waals surface area contributed by atoms with Crippen LogP contribution in [-0.2, 0) is 0 Å². The molecule has 0 aromatic carbocycles. The molecule has 2 radical (unpaired) electrons. The van der Waals surface area contributed by atoms with Gasteiger partial charge in [0, 0.05) is 0 Å². The average molecular weight is 129 g/mol. The van der Waals surface area contributed by atoms with E-state index in [0.29, 0.717) is 6.42 Å². The first-order chi connectivity index (χ1) is 4.83. The van der Waals surface area contributed by atoms with E-state index in [1.54, 1.807) is 0 Å². The molecule has 0 fully saturated rings. The van der Waals surface area contributed by atoms with Crippen molar-refractivity contribution >= 4 is 7.85 Å². The van der Waals surface area contributed by atoms with E-state index in [0.717, 1.165) is 18.3 Å². The molecule has 0 aromatic heterocycles. The summed E-state index contributed by atoms with van der Waals surface area (Å²) in [6.07, 6.45) is 6.24. The van der Waals surface area contributed by atoms with Gasteiger partial charge in [-0.2, -0.15) is 5.26 Å². The third kappa shape index (κ3) is 1.77. The molecule has 1 nitrogen and oxygen atoms in total. The lowest BCUT2D eigenvalue weighted by molar-refractivity contribution is 0.916. The lowest BCUT2D eigenvalue weighted by Gasteiger charge is -2.08. The topological polar surface area (TPSA) is 23.8 Å². The van der Waals surface area contributed by atoms with Gasteiger partial charge in [0.1, 0.15) is 7.85 Å². The van der Waals surface area contributed by atoms with Gasteiger partial charge in [-0.15, -0.1) is 5.47 Å². The molecule has 0 aromatic rings. The molecule has 1 rings (SSSR count). The Labute approximate surface area is 62.5 Å². The molecule has 0 amide bonds. The van der Waals surface area contributed by atoms with E-state index in [1.807, 2.05) is 12.2 Å². The lowest BCUT2D eigenvalue weighted by Crippen LogP contribution is -1.92. The molecule has 0 N–H and O–H groups in total. The van der Waals surface area contributed by atoms with Crippen molar-refractivity contribution in [3.63, 3.8) is 0 Å². The van der Waals surface area contributed by atoms with Gasteiger partial charge >= 0.3 is 0 Å². The first-order valence-corrected chi connectivity index (χ1v) is 3.34. The van der Waals surface area contributed by atoms with Gasteiger partial charge in [-0.05, 0) is 12.8 Å². The number of hydrogen-bond donors (Lipinski definition) is 0. The number of nitrogens with zero attached hydrogens (tertiary/aromatic N) is 1. The van der Waals surface area contributed by atoms with E-state index in [2.05, 4.69) is 6.07 Å². The molecule has 1 aliphatic carbocycles. The van der Waals surface area contributed by atoms with E-state index in [9.17, 15) is 0 Å². The standard InChI is InChI=1S/C8H8BN/c9-8-3-1-7(2-4-8)5-6-10/h1,3H,2,4-5H2. The van der Waals surface area contributed by atoms with Crippen molar-refractivity contribution in [2.24, 2.45) is 0 Å². The van der Waals surface area contributed by atoms with Gasteiger partial charge in [0.05, 0.1) is 12.5 Å². The molecule has 0 saturated heterocycles. The summed E-state index contributed by atoms with van der Waals surface area (Å²) in [6, 6.07) is 2.11. The number of hydrogen-bond acceptors (Lipinski definition) is 1. The smallest absolute Gasteiger partial charge is 0.107 e. The number of nitriles is 1. The van der Waals surface area contributed by atoms with Crippen LogP contribution in [-0.4, -0.2) is 7.85 Å². The average Bonchev–Trinajstić information content (AvgIpc) is 1.95. The highest BCUT2D eigenvalue weighted by Crippen LogP contribution is 2.17. The van der Waals surface area contributed by atoms with E-state index >= 15 is 0 Å². The lowest BCUT2D eigenvalue weighted by atomic mass is 9.85. The molecule has 0 aliphatic heterocycles. The van der Waals surface area contributed by atoms with Crippen LogP contribution in [0.5, 0.6) is 0 Å². The second-order valence-corrected chi connectivity index (χ2v) is 2.40. The van der Waals surface area contributed by atoms with Crippen molar-refractivity contribution in [2.45, 2.75) is 19.3 Å². The molecule has 0 saturated carbocycles. The molecule has 1 aliphatic rings. The predicted molar refractivity (Wildman–Crippen MR) is 41.4 cm³/mol. The second kappa shape index (κ2) is 3.27. The fraction of sp³-hybridized carbons (Fsp3) is 0.375. The van der Waals surface area contributed by atoms with E-state index in [4.69, 9.17) is 13.1 Å². The fourth-order valence-electron chi connectivity index (χ4n) is 0.945. The van der Waals surface area contributed by atoms with Gasteiger partial charge < -0.3 is 0 Å². The summed E-state index contributed by atoms with van der Waals surface area (Å²) in [7, 11) is 5.53. The van der Waals surface area contributed by atoms with Gasteiger partial charge in [-0.1, -0.05) is 17.7 Å². The summed E-state index contributed by atoms with van der Waals surface area (Å²) in [5.74, 6) is 0. The SMILES string of the molecule is [B]C1=CC=C(CC#N)CC1. The Bertz CT molecular complexity index is 220. The van der Waals surface area contributed by atoms with Crippen molar-refractivity contribution in [1.29, 1.82) is 5.26 Å². The van der Waals surface area contributed by atoms with Crippen LogP contribution < -0.4 is 0 Å². The van der Waals surface area contributed by atoms with Gasteiger partial charge in [-0.3, -0.25) is 0 Å². The van der Waals surface area contributed by atoms with Crippen molar-refractivity contribution in [3.05, 3.63) is 23.2 Å². The predicted octanol–water partition coefficient (Wildman–Crippen LogP) is 1.67. The molecule has 10 heavy (non-hydrogen) atoms. The molecule has 2 heteroatoms. The highest BCUT2D eigenvalue weighted by Gasteiger charge is 2.00. The Morgan fingerprint density at radius 2 is 2.30 bits per heavy atom. The molecule has 0 bridgehead atoms. The van der Waals surface area contributed by atoms with Crippen LogP contribution in [0.4, 0.5) is 0 Å². The Balaban J connectivity index is 2.57. The fourth-order valence-corrected chi connectivity index (χ4v) is 0.945. The second-order valence-electron chi connectivity index (χ2n) is 2.40. The summed E-state index contributed by atoms with van der Waals surface area (Å²) < 4.78 is 0. The zero-order valence-electron chi connectivity index (χ0n) is 5.80. The van der Waals surface area contributed by atoms with E-state index < -0.39 is 0 Å². The van der Waals surface area contributed by atoms with Crippen LogP contribution in [0.15, 0.2) is 23.2 Å². The van der Waals surface area contributed by atoms with Gasteiger partial charge in [0.25, 0.3) is 0 Å². The van der Waals surface area contributed by atoms with Crippen molar-refractivity contribution in [3.8, 4) is 6.07 Å². The van der Waals surface area contributed by atoms with Crippen LogP contribution in [0.1, 0.15) is 19.3 Å². The first-order valence-electron chi connectivity index (χ1n) is 3.34. The third-order valence-corrected chi connectivity index (χ3v) is 1.57. The summed E-state index contributed by atoms with van der Waals surface area (Å²) >= 11 is 0. The Morgan fingerprint density at radius 3 is 2.80 bits per heavy atom. The molecular formula is C8H8BN. The minimum Gasteiger partial charge on any atom is -0.198 e. The van der Waals surface area contributed by atoms with Crippen molar-refractivity contribution in [2.75, 3.05) is 0 Å². The maximum absolute atomic E-state index is 8.34. The largest absolute Gasteiger partial charge is 0.198 e. The van der Waals surface area contributed by atoms with Crippen LogP contribution in [0.3, 0.4) is 0 Å². The summed E-state index contributed by atoms with van der Waals surface area (Å²) in [5.41, 5.74) is 2.11. The summed E-state index contributed by atoms with van der Waals surface area (Å²) in [6.45, 7) is 0. The highest BCUT2D eigenvalue weighted by molar-refractivity contribution is 6.21. The normalized spacial score (nSPS) is 17.1. The van der Waals surface area contributed by atoms with Crippen LogP contribution in [0, 0.1) is 11.3 Å². The molecule has 0 atom stereocenters. The van der Waals surface area contributed by atoms with Gasteiger partial charge in [0.15, 0.2) is 0 Å². The van der Waals surface area contributed by atoms with E-state index in [-0.39, 0.29) is 0 Å². The van der Waals surface area contributed by atoms with Gasteiger partial charge in [-0.25, -0.2) is 0 Å². The summed E-state index contributed by atoms with van der Waals surface area (Å²) in [5, 5.41) is 8.34. The third-order valence-electron chi connectivity index (χ3n) is 1.57. The van der Waals surface area contributed by atoms with Crippen molar-refractivity contribution in [1.82, 2.24) is 0 Å². The Morgan fingerprint density at radius 1 is 1.50 bits per heavy atom. The zero-order valence-corrected chi connectivity index (χ0v) is 5.80. The van der Waals surface area contributed by atoms with Crippen LogP contribution in [0.25, 0.3) is 0 Å². The minimum atomic E-state index is 0.545.